The number of aromatic nitrogens is 3. The number of hydrogen-bond acceptors (Lipinski definition) is 4. The van der Waals surface area contributed by atoms with Gasteiger partial charge in [-0.25, -0.2) is 9.97 Å². The van der Waals surface area contributed by atoms with E-state index < -0.39 is 0 Å². The number of hydrogen-bond donors (Lipinski definition) is 1. The lowest BCUT2D eigenvalue weighted by Crippen LogP contribution is -2.11. The topological polar surface area (TPSA) is 69.1 Å². The van der Waals surface area contributed by atoms with E-state index in [1.807, 2.05) is 6.21 Å². The van der Waals surface area contributed by atoms with Gasteiger partial charge in [0.25, 0.3) is 0 Å². The number of nitrogens with zero attached hydrogens (tertiary/aromatic N) is 4. The van der Waals surface area contributed by atoms with E-state index in [1.54, 1.807) is 0 Å². The number of nitrogens with two attached hydrogens (primary N) is 1. The van der Waals surface area contributed by atoms with Crippen molar-refractivity contribution in [1.29, 1.82) is 0 Å². The summed E-state index contributed by atoms with van der Waals surface area (Å²) in [5, 5.41) is 0.876. The molecular formula is C9H8BrN5. The lowest BCUT2D eigenvalue weighted by Gasteiger charge is -2.09. The maximum Gasteiger partial charge on any atom is 0.147 e. The van der Waals surface area contributed by atoms with Crippen molar-refractivity contribution in [3.63, 3.8) is 0 Å². The van der Waals surface area contributed by atoms with Crippen molar-refractivity contribution in [3.8, 4) is 0 Å². The van der Waals surface area contributed by atoms with Crippen LogP contribution in [-0.4, -0.2) is 27.3 Å². The van der Waals surface area contributed by atoms with Gasteiger partial charge in [-0.2, -0.15) is 0 Å². The van der Waals surface area contributed by atoms with Crippen molar-refractivity contribution in [2.75, 3.05) is 12.3 Å². The Labute approximate surface area is 94.2 Å². The minimum absolute atomic E-state index is 0.502. The summed E-state index contributed by atoms with van der Waals surface area (Å²) >= 11 is 3.52. The molecule has 0 saturated carbocycles. The molecule has 2 N–H and O–H groups in total. The monoisotopic (exact) mass is 265 g/mol. The molecule has 2 aromatic heterocycles. The van der Waals surface area contributed by atoms with Crippen LogP contribution in [0.1, 0.15) is 5.69 Å². The van der Waals surface area contributed by atoms with Gasteiger partial charge in [0.15, 0.2) is 0 Å². The summed E-state index contributed by atoms with van der Waals surface area (Å²) in [6.07, 6.45) is 3.33. The van der Waals surface area contributed by atoms with Gasteiger partial charge in [0, 0.05) is 12.8 Å². The Kier molecular flexibility index (Phi) is 1.79. The van der Waals surface area contributed by atoms with Crippen LogP contribution in [0, 0.1) is 0 Å². The molecule has 0 unspecified atom stereocenters. The van der Waals surface area contributed by atoms with Crippen LogP contribution in [0.4, 0.5) is 5.82 Å². The second-order valence-corrected chi connectivity index (χ2v) is 4.14. The van der Waals surface area contributed by atoms with Gasteiger partial charge in [-0.1, -0.05) is 0 Å². The van der Waals surface area contributed by atoms with Gasteiger partial charge in [0.2, 0.25) is 0 Å². The zero-order valence-corrected chi connectivity index (χ0v) is 9.40. The van der Waals surface area contributed by atoms with Crippen molar-refractivity contribution in [1.82, 2.24) is 14.5 Å². The fraction of sp³-hybridized carbons (Fsp3) is 0.222. The average molecular weight is 266 g/mol. The summed E-state index contributed by atoms with van der Waals surface area (Å²) in [5.74, 6) is 0.502. The SMILES string of the molecule is Nc1ncnc2c1c(Br)c1n2CCN=C1. The summed E-state index contributed by atoms with van der Waals surface area (Å²) < 4.78 is 3.03. The number of nitrogen functional groups attached to an aromatic ring is 1. The Balaban J connectivity index is 2.50. The third-order valence-corrected chi connectivity index (χ3v) is 3.32. The Hall–Kier alpha value is -1.43. The summed E-state index contributed by atoms with van der Waals surface area (Å²) in [4.78, 5) is 12.5. The zero-order valence-electron chi connectivity index (χ0n) is 7.81. The molecule has 15 heavy (non-hydrogen) atoms. The smallest absolute Gasteiger partial charge is 0.147 e. The van der Waals surface area contributed by atoms with Crippen LogP contribution in [0.15, 0.2) is 15.8 Å². The maximum atomic E-state index is 5.83. The van der Waals surface area contributed by atoms with E-state index >= 15 is 0 Å². The molecule has 0 spiro atoms. The second-order valence-electron chi connectivity index (χ2n) is 3.34. The summed E-state index contributed by atoms with van der Waals surface area (Å²) in [5.41, 5.74) is 7.72. The molecule has 0 fully saturated rings. The largest absolute Gasteiger partial charge is 0.383 e. The highest BCUT2D eigenvalue weighted by molar-refractivity contribution is 9.10. The Bertz CT molecular complexity index is 571. The predicted octanol–water partition coefficient (Wildman–Crippen LogP) is 1.21. The highest BCUT2D eigenvalue weighted by Gasteiger charge is 2.18. The Morgan fingerprint density at radius 2 is 2.27 bits per heavy atom. The molecule has 6 heteroatoms. The first-order valence-electron chi connectivity index (χ1n) is 4.57. The van der Waals surface area contributed by atoms with Crippen LogP contribution in [-0.2, 0) is 6.54 Å². The van der Waals surface area contributed by atoms with Gasteiger partial charge < -0.3 is 10.3 Å². The van der Waals surface area contributed by atoms with Crippen molar-refractivity contribution in [2.24, 2.45) is 4.99 Å². The summed E-state index contributed by atoms with van der Waals surface area (Å²) in [6.45, 7) is 1.62. The summed E-state index contributed by atoms with van der Waals surface area (Å²) in [7, 11) is 0. The molecule has 0 bridgehead atoms. The van der Waals surface area contributed by atoms with Gasteiger partial charge in [-0.15, -0.1) is 0 Å². The van der Waals surface area contributed by atoms with E-state index in [9.17, 15) is 0 Å². The molecule has 0 amide bonds. The van der Waals surface area contributed by atoms with Gasteiger partial charge in [0.1, 0.15) is 17.8 Å². The molecule has 0 aliphatic carbocycles. The van der Waals surface area contributed by atoms with E-state index in [0.29, 0.717) is 5.82 Å². The van der Waals surface area contributed by atoms with Crippen molar-refractivity contribution in [3.05, 3.63) is 16.5 Å². The normalized spacial score (nSPS) is 14.5. The molecule has 2 aromatic rings. The number of aliphatic imine (C=N–C) groups is 1. The molecule has 1 aliphatic rings. The third kappa shape index (κ3) is 1.11. The highest BCUT2D eigenvalue weighted by atomic mass is 79.9. The fourth-order valence-corrected chi connectivity index (χ4v) is 2.52. The quantitative estimate of drug-likeness (QED) is 0.779. The first kappa shape index (κ1) is 8.84. The molecule has 0 radical (unpaired) electrons. The van der Waals surface area contributed by atoms with E-state index in [4.69, 9.17) is 5.73 Å². The molecule has 5 nitrogen and oxygen atoms in total. The van der Waals surface area contributed by atoms with Crippen LogP contribution in [0.5, 0.6) is 0 Å². The van der Waals surface area contributed by atoms with Gasteiger partial charge >= 0.3 is 0 Å². The molecular weight excluding hydrogens is 258 g/mol. The maximum absolute atomic E-state index is 5.83. The van der Waals surface area contributed by atoms with E-state index in [2.05, 4.69) is 35.5 Å². The second kappa shape index (κ2) is 3.03. The molecule has 3 rings (SSSR count). The third-order valence-electron chi connectivity index (χ3n) is 2.51. The Morgan fingerprint density at radius 3 is 3.13 bits per heavy atom. The molecule has 3 heterocycles. The van der Waals surface area contributed by atoms with E-state index in [-0.39, 0.29) is 0 Å². The van der Waals surface area contributed by atoms with Crippen molar-refractivity contribution < 1.29 is 0 Å². The molecule has 0 aromatic carbocycles. The molecule has 76 valence electrons. The molecule has 1 aliphatic heterocycles. The first-order chi connectivity index (χ1) is 7.29. The van der Waals surface area contributed by atoms with E-state index in [0.717, 1.165) is 34.3 Å². The van der Waals surface area contributed by atoms with Crippen LogP contribution >= 0.6 is 15.9 Å². The standard InChI is InChI=1S/C9H8BrN5/c10-7-5-3-12-1-2-15(5)9-6(7)8(11)13-4-14-9/h3-4H,1-2H2,(H2,11,13,14). The van der Waals surface area contributed by atoms with Crippen molar-refractivity contribution in [2.45, 2.75) is 6.54 Å². The van der Waals surface area contributed by atoms with Gasteiger partial charge in [-0.05, 0) is 15.9 Å². The Morgan fingerprint density at radius 1 is 1.40 bits per heavy atom. The van der Waals surface area contributed by atoms with Crippen LogP contribution in [0.2, 0.25) is 0 Å². The molecule has 0 atom stereocenters. The van der Waals surface area contributed by atoms with Crippen LogP contribution in [0.3, 0.4) is 0 Å². The number of fused-ring (bicyclic) bond motifs is 3. The number of halogens is 1. The molecule has 0 saturated heterocycles. The zero-order chi connectivity index (χ0) is 10.4. The first-order valence-corrected chi connectivity index (χ1v) is 5.36. The van der Waals surface area contributed by atoms with Gasteiger partial charge in [-0.3, -0.25) is 4.99 Å². The minimum Gasteiger partial charge on any atom is -0.383 e. The van der Waals surface area contributed by atoms with Crippen molar-refractivity contribution >= 4 is 39.0 Å². The number of anilines is 1. The van der Waals surface area contributed by atoms with Crippen LogP contribution < -0.4 is 5.73 Å². The highest BCUT2D eigenvalue weighted by Crippen LogP contribution is 2.32. The minimum atomic E-state index is 0.502. The van der Waals surface area contributed by atoms with Crippen LogP contribution in [0.25, 0.3) is 11.0 Å². The number of rotatable bonds is 0. The lowest BCUT2D eigenvalue weighted by molar-refractivity contribution is 0.708. The van der Waals surface area contributed by atoms with E-state index in [1.165, 1.54) is 6.33 Å². The lowest BCUT2D eigenvalue weighted by atomic mass is 10.3. The summed E-state index contributed by atoms with van der Waals surface area (Å²) in [6, 6.07) is 0. The fourth-order valence-electron chi connectivity index (χ4n) is 1.83. The van der Waals surface area contributed by atoms with Gasteiger partial charge in [0.05, 0.1) is 22.1 Å². The average Bonchev–Trinajstić information content (AvgIpc) is 2.55. The predicted molar refractivity (Wildman–Crippen MR) is 62.1 cm³/mol.